The van der Waals surface area contributed by atoms with Gasteiger partial charge in [0.2, 0.25) is 0 Å². The molecule has 0 aliphatic carbocycles. The highest BCUT2D eigenvalue weighted by atomic mass is 79.9. The lowest BCUT2D eigenvalue weighted by Gasteiger charge is -2.27. The lowest BCUT2D eigenvalue weighted by molar-refractivity contribution is 0.156. The summed E-state index contributed by atoms with van der Waals surface area (Å²) in [5, 5.41) is 7.80. The van der Waals surface area contributed by atoms with Gasteiger partial charge < -0.3 is 10.1 Å². The number of hydrogen-bond acceptors (Lipinski definition) is 5. The van der Waals surface area contributed by atoms with Crippen molar-refractivity contribution < 1.29 is 4.74 Å². The van der Waals surface area contributed by atoms with Crippen molar-refractivity contribution in [3.05, 3.63) is 44.9 Å². The number of anilines is 1. The molecule has 7 nitrogen and oxygen atoms in total. The van der Waals surface area contributed by atoms with Crippen LogP contribution in [0, 0.1) is 0 Å². The SMILES string of the molecule is COCCCN1CCn2nc(NCn3cc(Br)ccc3=O)cc2C1. The molecule has 2 aromatic heterocycles. The molecule has 2 aromatic rings. The molecular weight excluding hydrogens is 374 g/mol. The van der Waals surface area contributed by atoms with Crippen molar-refractivity contribution >= 4 is 21.7 Å². The van der Waals surface area contributed by atoms with Gasteiger partial charge in [-0.3, -0.25) is 18.9 Å². The predicted molar refractivity (Wildman–Crippen MR) is 96.0 cm³/mol. The minimum atomic E-state index is -0.0426. The second kappa shape index (κ2) is 7.96. The van der Waals surface area contributed by atoms with Gasteiger partial charge >= 0.3 is 0 Å². The number of rotatable bonds is 7. The van der Waals surface area contributed by atoms with Crippen LogP contribution in [0.3, 0.4) is 0 Å². The molecule has 0 radical (unpaired) electrons. The Bertz CT molecular complexity index is 742. The first-order valence-corrected chi connectivity index (χ1v) is 8.83. The van der Waals surface area contributed by atoms with Crippen LogP contribution in [-0.4, -0.2) is 46.1 Å². The average Bonchev–Trinajstić information content (AvgIpc) is 2.98. The maximum atomic E-state index is 11.8. The Morgan fingerprint density at radius 2 is 2.25 bits per heavy atom. The summed E-state index contributed by atoms with van der Waals surface area (Å²) in [6.45, 7) is 5.02. The van der Waals surface area contributed by atoms with Crippen molar-refractivity contribution in [1.82, 2.24) is 19.2 Å². The van der Waals surface area contributed by atoms with E-state index in [9.17, 15) is 4.79 Å². The zero-order valence-electron chi connectivity index (χ0n) is 13.7. The third-order valence-corrected chi connectivity index (χ3v) is 4.55. The van der Waals surface area contributed by atoms with E-state index >= 15 is 0 Å². The number of nitrogens with one attached hydrogen (secondary N) is 1. The molecule has 1 N–H and O–H groups in total. The van der Waals surface area contributed by atoms with Crippen LogP contribution < -0.4 is 10.9 Å². The number of methoxy groups -OCH3 is 1. The number of pyridine rings is 1. The lowest BCUT2D eigenvalue weighted by Crippen LogP contribution is -2.34. The van der Waals surface area contributed by atoms with Gasteiger partial charge in [0, 0.05) is 56.2 Å². The minimum Gasteiger partial charge on any atom is -0.385 e. The van der Waals surface area contributed by atoms with Crippen molar-refractivity contribution in [2.75, 3.05) is 32.1 Å². The largest absolute Gasteiger partial charge is 0.385 e. The van der Waals surface area contributed by atoms with E-state index in [1.165, 1.54) is 5.69 Å². The average molecular weight is 396 g/mol. The van der Waals surface area contributed by atoms with Gasteiger partial charge in [-0.2, -0.15) is 5.10 Å². The molecule has 0 fully saturated rings. The van der Waals surface area contributed by atoms with Gasteiger partial charge in [0.15, 0.2) is 0 Å². The molecule has 3 heterocycles. The molecule has 1 aliphatic rings. The topological polar surface area (TPSA) is 64.3 Å². The highest BCUT2D eigenvalue weighted by Gasteiger charge is 2.17. The predicted octanol–water partition coefficient (Wildman–Crippen LogP) is 1.73. The van der Waals surface area contributed by atoms with Gasteiger partial charge in [-0.25, -0.2) is 0 Å². The molecule has 0 aromatic carbocycles. The Hall–Kier alpha value is -1.64. The maximum Gasteiger partial charge on any atom is 0.252 e. The van der Waals surface area contributed by atoms with Gasteiger partial charge in [-0.05, 0) is 28.4 Å². The first kappa shape index (κ1) is 17.2. The molecule has 0 bridgehead atoms. The molecule has 0 amide bonds. The summed E-state index contributed by atoms with van der Waals surface area (Å²) >= 11 is 3.38. The monoisotopic (exact) mass is 395 g/mol. The summed E-state index contributed by atoms with van der Waals surface area (Å²) in [5.74, 6) is 0.801. The number of fused-ring (bicyclic) bond motifs is 1. The third-order valence-electron chi connectivity index (χ3n) is 4.08. The molecule has 0 saturated carbocycles. The summed E-state index contributed by atoms with van der Waals surface area (Å²) in [5.41, 5.74) is 1.15. The number of hydrogen-bond donors (Lipinski definition) is 1. The Kier molecular flexibility index (Phi) is 5.70. The first-order chi connectivity index (χ1) is 11.7. The van der Waals surface area contributed by atoms with Crippen LogP contribution in [0.5, 0.6) is 0 Å². The molecule has 8 heteroatoms. The lowest BCUT2D eigenvalue weighted by atomic mass is 10.3. The fourth-order valence-corrected chi connectivity index (χ4v) is 3.20. The van der Waals surface area contributed by atoms with E-state index < -0.39 is 0 Å². The van der Waals surface area contributed by atoms with Gasteiger partial charge in [0.25, 0.3) is 5.56 Å². The van der Waals surface area contributed by atoms with Crippen molar-refractivity contribution in [2.24, 2.45) is 0 Å². The van der Waals surface area contributed by atoms with Crippen LogP contribution in [0.2, 0.25) is 0 Å². The maximum absolute atomic E-state index is 11.8. The molecule has 3 rings (SSSR count). The number of aromatic nitrogens is 3. The van der Waals surface area contributed by atoms with Gasteiger partial charge in [-0.15, -0.1) is 0 Å². The van der Waals surface area contributed by atoms with E-state index in [0.29, 0.717) is 6.67 Å². The van der Waals surface area contributed by atoms with E-state index in [1.807, 2.05) is 4.68 Å². The third kappa shape index (κ3) is 4.25. The van der Waals surface area contributed by atoms with Gasteiger partial charge in [0.05, 0.1) is 18.9 Å². The molecule has 1 aliphatic heterocycles. The fourth-order valence-electron chi connectivity index (χ4n) is 2.82. The van der Waals surface area contributed by atoms with Crippen molar-refractivity contribution in [3.63, 3.8) is 0 Å². The molecule has 0 spiro atoms. The van der Waals surface area contributed by atoms with E-state index in [0.717, 1.165) is 49.5 Å². The van der Waals surface area contributed by atoms with Crippen LogP contribution in [0.25, 0.3) is 0 Å². The molecule has 0 saturated heterocycles. The molecule has 0 unspecified atom stereocenters. The van der Waals surface area contributed by atoms with E-state index in [1.54, 1.807) is 30.0 Å². The zero-order valence-corrected chi connectivity index (χ0v) is 15.3. The Labute approximate surface area is 149 Å². The van der Waals surface area contributed by atoms with Crippen LogP contribution >= 0.6 is 15.9 Å². The van der Waals surface area contributed by atoms with Gasteiger partial charge in [0.1, 0.15) is 5.82 Å². The van der Waals surface area contributed by atoms with Crippen LogP contribution in [0.4, 0.5) is 5.82 Å². The van der Waals surface area contributed by atoms with Crippen molar-refractivity contribution in [3.8, 4) is 0 Å². The highest BCUT2D eigenvalue weighted by molar-refractivity contribution is 9.10. The normalized spacial score (nSPS) is 14.6. The fraction of sp³-hybridized carbons (Fsp3) is 0.500. The highest BCUT2D eigenvalue weighted by Crippen LogP contribution is 2.17. The quantitative estimate of drug-likeness (QED) is 0.723. The second-order valence-electron chi connectivity index (χ2n) is 5.86. The molecule has 130 valence electrons. The summed E-state index contributed by atoms with van der Waals surface area (Å²) in [6.07, 6.45) is 2.81. The van der Waals surface area contributed by atoms with Crippen molar-refractivity contribution in [1.29, 1.82) is 0 Å². The Balaban J connectivity index is 1.59. The number of halogens is 1. The van der Waals surface area contributed by atoms with Gasteiger partial charge in [-0.1, -0.05) is 0 Å². The summed E-state index contributed by atoms with van der Waals surface area (Å²) in [7, 11) is 1.74. The van der Waals surface area contributed by atoms with Crippen LogP contribution in [-0.2, 0) is 24.5 Å². The molecule has 24 heavy (non-hydrogen) atoms. The van der Waals surface area contributed by atoms with E-state index in [2.05, 4.69) is 37.3 Å². The summed E-state index contributed by atoms with van der Waals surface area (Å²) in [6, 6.07) is 5.35. The Morgan fingerprint density at radius 3 is 3.08 bits per heavy atom. The standard InChI is InChI=1S/C16H22BrN5O2/c1-24-8-2-5-20-6-7-22-14(11-20)9-15(19-22)18-12-21-10-13(17)3-4-16(21)23/h3-4,9-10H,2,5-8,11-12H2,1H3,(H,18,19). The smallest absolute Gasteiger partial charge is 0.252 e. The van der Waals surface area contributed by atoms with Crippen LogP contribution in [0.15, 0.2) is 33.7 Å². The second-order valence-corrected chi connectivity index (χ2v) is 6.77. The van der Waals surface area contributed by atoms with E-state index in [-0.39, 0.29) is 5.56 Å². The molecular formula is C16H22BrN5O2. The molecule has 0 atom stereocenters. The minimum absolute atomic E-state index is 0.0426. The summed E-state index contributed by atoms with van der Waals surface area (Å²) in [4.78, 5) is 14.2. The Morgan fingerprint density at radius 1 is 1.38 bits per heavy atom. The van der Waals surface area contributed by atoms with Crippen LogP contribution in [0.1, 0.15) is 12.1 Å². The zero-order chi connectivity index (χ0) is 16.9. The summed E-state index contributed by atoms with van der Waals surface area (Å²) < 4.78 is 9.64. The van der Waals surface area contributed by atoms with Crippen molar-refractivity contribution in [2.45, 2.75) is 26.2 Å². The first-order valence-electron chi connectivity index (χ1n) is 8.03. The number of nitrogens with zero attached hydrogens (tertiary/aromatic N) is 4. The van der Waals surface area contributed by atoms with E-state index in [4.69, 9.17) is 4.74 Å². The number of ether oxygens (including phenoxy) is 1.